The minimum absolute atomic E-state index is 0.130. The van der Waals surface area contributed by atoms with Gasteiger partial charge < -0.3 is 9.94 Å². The summed E-state index contributed by atoms with van der Waals surface area (Å²) in [5, 5.41) is 9.77. The van der Waals surface area contributed by atoms with Crippen molar-refractivity contribution >= 4 is 0 Å². The van der Waals surface area contributed by atoms with E-state index in [1.165, 1.54) is 5.56 Å². The summed E-state index contributed by atoms with van der Waals surface area (Å²) in [5.74, 6) is 4.94. The first-order chi connectivity index (χ1) is 6.56. The predicted octanol–water partition coefficient (Wildman–Crippen LogP) is 1.54. The van der Waals surface area contributed by atoms with Crippen molar-refractivity contribution in [3.05, 3.63) is 34.4 Å². The Bertz CT molecular complexity index is 300. The summed E-state index contributed by atoms with van der Waals surface area (Å²) in [5.41, 5.74) is 4.27. The quantitative estimate of drug-likeness (QED) is 0.719. The number of aryl methyl sites for hydroxylation is 3. The molecule has 0 aliphatic rings. The maximum absolute atomic E-state index is 9.77. The van der Waals surface area contributed by atoms with E-state index >= 15 is 0 Å². The van der Waals surface area contributed by atoms with Crippen LogP contribution in [0, 0.1) is 20.8 Å². The first kappa shape index (κ1) is 11.2. The van der Waals surface area contributed by atoms with E-state index < -0.39 is 6.10 Å². The average molecular weight is 195 g/mol. The van der Waals surface area contributed by atoms with Gasteiger partial charge in [0, 0.05) is 0 Å². The van der Waals surface area contributed by atoms with Crippen LogP contribution in [-0.2, 0) is 4.84 Å². The SMILES string of the molecule is Cc1cc(C)c(C(O)CON)c(C)c1. The fourth-order valence-corrected chi connectivity index (χ4v) is 1.89. The van der Waals surface area contributed by atoms with Crippen LogP contribution in [0.2, 0.25) is 0 Å². The van der Waals surface area contributed by atoms with Crippen molar-refractivity contribution in [2.75, 3.05) is 6.61 Å². The minimum Gasteiger partial charge on any atom is -0.386 e. The molecule has 0 aromatic heterocycles. The molecule has 3 N–H and O–H groups in total. The maximum Gasteiger partial charge on any atom is 0.105 e. The van der Waals surface area contributed by atoms with Crippen molar-refractivity contribution in [1.82, 2.24) is 0 Å². The Hall–Kier alpha value is -0.900. The number of nitrogens with two attached hydrogens (primary N) is 1. The van der Waals surface area contributed by atoms with Crippen molar-refractivity contribution in [1.29, 1.82) is 0 Å². The van der Waals surface area contributed by atoms with Gasteiger partial charge in [-0.3, -0.25) is 0 Å². The normalized spacial score (nSPS) is 12.9. The van der Waals surface area contributed by atoms with Gasteiger partial charge in [0.25, 0.3) is 0 Å². The molecule has 0 aliphatic carbocycles. The molecule has 1 unspecified atom stereocenters. The van der Waals surface area contributed by atoms with Gasteiger partial charge in [-0.1, -0.05) is 17.7 Å². The van der Waals surface area contributed by atoms with E-state index in [-0.39, 0.29) is 6.61 Å². The molecule has 0 spiro atoms. The predicted molar refractivity (Wildman–Crippen MR) is 55.8 cm³/mol. The topological polar surface area (TPSA) is 55.5 Å². The van der Waals surface area contributed by atoms with Crippen molar-refractivity contribution in [3.63, 3.8) is 0 Å². The lowest BCUT2D eigenvalue weighted by Crippen LogP contribution is -2.13. The smallest absolute Gasteiger partial charge is 0.105 e. The molecular weight excluding hydrogens is 178 g/mol. The molecule has 0 bridgehead atoms. The summed E-state index contributed by atoms with van der Waals surface area (Å²) in [4.78, 5) is 4.45. The highest BCUT2D eigenvalue weighted by molar-refractivity contribution is 5.38. The second-order valence-electron chi connectivity index (χ2n) is 3.66. The standard InChI is InChI=1S/C11H17NO2/c1-7-4-8(2)11(9(3)5-7)10(13)6-14-12/h4-5,10,13H,6,12H2,1-3H3. The van der Waals surface area contributed by atoms with Gasteiger partial charge in [-0.2, -0.15) is 0 Å². The Morgan fingerprint density at radius 2 is 1.79 bits per heavy atom. The maximum atomic E-state index is 9.77. The molecule has 0 fully saturated rings. The Balaban J connectivity index is 3.07. The van der Waals surface area contributed by atoms with E-state index in [4.69, 9.17) is 5.90 Å². The number of aliphatic hydroxyl groups excluding tert-OH is 1. The molecule has 0 saturated carbocycles. The number of hydrogen-bond donors (Lipinski definition) is 2. The Morgan fingerprint density at radius 3 is 2.21 bits per heavy atom. The van der Waals surface area contributed by atoms with Crippen LogP contribution in [0.4, 0.5) is 0 Å². The van der Waals surface area contributed by atoms with Gasteiger partial charge in [0.2, 0.25) is 0 Å². The van der Waals surface area contributed by atoms with Gasteiger partial charge in [-0.25, -0.2) is 5.90 Å². The average Bonchev–Trinajstić information content (AvgIpc) is 2.01. The fourth-order valence-electron chi connectivity index (χ4n) is 1.89. The Kier molecular flexibility index (Phi) is 3.63. The van der Waals surface area contributed by atoms with E-state index in [0.717, 1.165) is 16.7 Å². The van der Waals surface area contributed by atoms with Gasteiger partial charge in [-0.05, 0) is 37.5 Å². The van der Waals surface area contributed by atoms with Gasteiger partial charge in [0.15, 0.2) is 0 Å². The highest BCUT2D eigenvalue weighted by Crippen LogP contribution is 2.23. The summed E-state index contributed by atoms with van der Waals surface area (Å²) in [6.07, 6.45) is -0.638. The van der Waals surface area contributed by atoms with Gasteiger partial charge in [-0.15, -0.1) is 0 Å². The monoisotopic (exact) mass is 195 g/mol. The van der Waals surface area contributed by atoms with E-state index in [0.29, 0.717) is 0 Å². The second-order valence-corrected chi connectivity index (χ2v) is 3.66. The first-order valence-electron chi connectivity index (χ1n) is 4.63. The summed E-state index contributed by atoms with van der Waals surface area (Å²) in [7, 11) is 0. The number of benzene rings is 1. The largest absolute Gasteiger partial charge is 0.386 e. The lowest BCUT2D eigenvalue weighted by atomic mass is 9.96. The first-order valence-corrected chi connectivity index (χ1v) is 4.63. The van der Waals surface area contributed by atoms with Crippen LogP contribution in [-0.4, -0.2) is 11.7 Å². The van der Waals surface area contributed by atoms with Crippen LogP contribution in [0.3, 0.4) is 0 Å². The van der Waals surface area contributed by atoms with E-state index in [1.54, 1.807) is 0 Å². The zero-order valence-electron chi connectivity index (χ0n) is 8.87. The third-order valence-corrected chi connectivity index (χ3v) is 2.33. The fraction of sp³-hybridized carbons (Fsp3) is 0.455. The molecule has 3 nitrogen and oxygen atoms in total. The van der Waals surface area contributed by atoms with Crippen LogP contribution in [0.5, 0.6) is 0 Å². The molecule has 0 aliphatic heterocycles. The van der Waals surface area contributed by atoms with E-state index in [9.17, 15) is 5.11 Å². The van der Waals surface area contributed by atoms with Gasteiger partial charge in [0.05, 0.1) is 6.61 Å². The van der Waals surface area contributed by atoms with Crippen molar-refractivity contribution in [2.24, 2.45) is 5.90 Å². The number of aliphatic hydroxyl groups is 1. The summed E-state index contributed by atoms with van der Waals surface area (Å²) < 4.78 is 0. The molecule has 0 saturated heterocycles. The molecular formula is C11H17NO2. The van der Waals surface area contributed by atoms with Crippen LogP contribution >= 0.6 is 0 Å². The molecule has 1 aromatic rings. The molecule has 0 radical (unpaired) electrons. The molecule has 0 heterocycles. The Labute approximate surface area is 84.5 Å². The van der Waals surface area contributed by atoms with Gasteiger partial charge in [0.1, 0.15) is 6.10 Å². The van der Waals surface area contributed by atoms with Crippen molar-refractivity contribution < 1.29 is 9.94 Å². The zero-order chi connectivity index (χ0) is 10.7. The highest BCUT2D eigenvalue weighted by Gasteiger charge is 2.13. The van der Waals surface area contributed by atoms with Crippen molar-refractivity contribution in [2.45, 2.75) is 26.9 Å². The van der Waals surface area contributed by atoms with Crippen LogP contribution in [0.1, 0.15) is 28.4 Å². The van der Waals surface area contributed by atoms with Crippen molar-refractivity contribution in [3.8, 4) is 0 Å². The summed E-state index contributed by atoms with van der Waals surface area (Å²) in [6.45, 7) is 6.13. The second kappa shape index (κ2) is 4.55. The van der Waals surface area contributed by atoms with Gasteiger partial charge >= 0.3 is 0 Å². The third kappa shape index (κ3) is 2.32. The molecule has 78 valence electrons. The summed E-state index contributed by atoms with van der Waals surface area (Å²) in [6, 6.07) is 4.09. The molecule has 0 amide bonds. The molecule has 1 atom stereocenters. The third-order valence-electron chi connectivity index (χ3n) is 2.33. The van der Waals surface area contributed by atoms with Crippen LogP contribution in [0.15, 0.2) is 12.1 Å². The Morgan fingerprint density at radius 1 is 1.29 bits per heavy atom. The molecule has 14 heavy (non-hydrogen) atoms. The highest BCUT2D eigenvalue weighted by atomic mass is 16.6. The lowest BCUT2D eigenvalue weighted by molar-refractivity contribution is 0.0353. The molecule has 1 aromatic carbocycles. The van der Waals surface area contributed by atoms with Crippen LogP contribution in [0.25, 0.3) is 0 Å². The zero-order valence-corrected chi connectivity index (χ0v) is 8.87. The van der Waals surface area contributed by atoms with Crippen LogP contribution < -0.4 is 5.90 Å². The molecule has 3 heteroatoms. The van der Waals surface area contributed by atoms with E-state index in [1.807, 2.05) is 32.9 Å². The molecule has 1 rings (SSSR count). The number of rotatable bonds is 3. The minimum atomic E-state index is -0.638. The lowest BCUT2D eigenvalue weighted by Gasteiger charge is -2.16. The van der Waals surface area contributed by atoms with E-state index in [2.05, 4.69) is 4.84 Å². The summed E-state index contributed by atoms with van der Waals surface area (Å²) >= 11 is 0. The number of hydrogen-bond acceptors (Lipinski definition) is 3.